The Bertz CT molecular complexity index is 242. The molecule has 2 atom stereocenters. The number of benzene rings is 1. The fourth-order valence-electron chi connectivity index (χ4n) is 1.84. The van der Waals surface area contributed by atoms with Gasteiger partial charge in [0.15, 0.2) is 0 Å². The van der Waals surface area contributed by atoms with Crippen LogP contribution in [0.25, 0.3) is 0 Å². The van der Waals surface area contributed by atoms with Crippen LogP contribution in [0.15, 0.2) is 30.3 Å². The zero-order valence-corrected chi connectivity index (χ0v) is 7.46. The van der Waals surface area contributed by atoms with Gasteiger partial charge in [0.25, 0.3) is 0 Å². The quantitative estimate of drug-likeness (QED) is 0.715. The minimum Gasteiger partial charge on any atom is -0.319 e. The maximum absolute atomic E-state index is 3.23. The normalized spacial score (nSPS) is 27.1. The molecule has 0 unspecified atom stereocenters. The average Bonchev–Trinajstić information content (AvgIpc) is 2.87. The zero-order valence-electron chi connectivity index (χ0n) is 7.46. The molecule has 0 saturated heterocycles. The van der Waals surface area contributed by atoms with Crippen molar-refractivity contribution in [1.29, 1.82) is 0 Å². The third-order valence-corrected chi connectivity index (χ3v) is 2.62. The Kier molecular flexibility index (Phi) is 2.13. The number of hydrogen-bond acceptors (Lipinski definition) is 1. The zero-order chi connectivity index (χ0) is 8.39. The van der Waals surface area contributed by atoms with Crippen LogP contribution in [0.1, 0.15) is 17.9 Å². The Balaban J connectivity index is 1.97. The van der Waals surface area contributed by atoms with Crippen LogP contribution in [0.2, 0.25) is 0 Å². The van der Waals surface area contributed by atoms with Gasteiger partial charge in [-0.05, 0) is 37.4 Å². The molecule has 0 spiro atoms. The van der Waals surface area contributed by atoms with Crippen molar-refractivity contribution in [1.82, 2.24) is 5.32 Å². The van der Waals surface area contributed by atoms with Crippen LogP contribution in [0.4, 0.5) is 0 Å². The molecule has 1 aliphatic rings. The van der Waals surface area contributed by atoms with E-state index in [9.17, 15) is 0 Å². The first-order chi connectivity index (χ1) is 5.92. The highest BCUT2D eigenvalue weighted by atomic mass is 14.8. The third kappa shape index (κ3) is 1.51. The Morgan fingerprint density at radius 3 is 2.75 bits per heavy atom. The molecule has 0 bridgehead atoms. The van der Waals surface area contributed by atoms with E-state index in [0.29, 0.717) is 0 Å². The molecule has 1 heteroatoms. The van der Waals surface area contributed by atoms with Crippen molar-refractivity contribution in [2.45, 2.75) is 12.3 Å². The van der Waals surface area contributed by atoms with Gasteiger partial charge in [0, 0.05) is 0 Å². The summed E-state index contributed by atoms with van der Waals surface area (Å²) in [6, 6.07) is 10.8. The standard InChI is InChI=1S/C11H15N/c1-12-8-10-7-11(10)9-5-3-2-4-6-9/h2-6,10-12H,7-8H2,1H3/t10-,11-/m0/s1. The summed E-state index contributed by atoms with van der Waals surface area (Å²) in [6.45, 7) is 1.17. The number of nitrogens with one attached hydrogen (secondary N) is 1. The van der Waals surface area contributed by atoms with E-state index in [4.69, 9.17) is 0 Å². The highest BCUT2D eigenvalue weighted by Gasteiger charge is 2.36. The largest absolute Gasteiger partial charge is 0.319 e. The van der Waals surface area contributed by atoms with Gasteiger partial charge in [-0.1, -0.05) is 30.3 Å². The number of rotatable bonds is 3. The Labute approximate surface area is 73.8 Å². The molecular formula is C11H15N. The van der Waals surface area contributed by atoms with Crippen LogP contribution >= 0.6 is 0 Å². The summed E-state index contributed by atoms with van der Waals surface area (Å²) in [5.41, 5.74) is 1.51. The summed E-state index contributed by atoms with van der Waals surface area (Å²) in [5, 5.41) is 3.23. The van der Waals surface area contributed by atoms with Gasteiger partial charge in [0.1, 0.15) is 0 Å². The monoisotopic (exact) mass is 161 g/mol. The van der Waals surface area contributed by atoms with Gasteiger partial charge >= 0.3 is 0 Å². The Morgan fingerprint density at radius 2 is 2.08 bits per heavy atom. The average molecular weight is 161 g/mol. The molecule has 1 aliphatic carbocycles. The van der Waals surface area contributed by atoms with Gasteiger partial charge in [0.05, 0.1) is 0 Å². The molecular weight excluding hydrogens is 146 g/mol. The maximum Gasteiger partial charge on any atom is -0.00175 e. The van der Waals surface area contributed by atoms with Crippen molar-refractivity contribution < 1.29 is 0 Å². The molecule has 12 heavy (non-hydrogen) atoms. The van der Waals surface area contributed by atoms with E-state index in [2.05, 4.69) is 35.6 Å². The summed E-state index contributed by atoms with van der Waals surface area (Å²) in [6.07, 6.45) is 1.37. The molecule has 1 aromatic carbocycles. The lowest BCUT2D eigenvalue weighted by molar-refractivity contribution is 0.698. The lowest BCUT2D eigenvalue weighted by Gasteiger charge is -1.98. The highest BCUT2D eigenvalue weighted by molar-refractivity contribution is 5.25. The fraction of sp³-hybridized carbons (Fsp3) is 0.455. The van der Waals surface area contributed by atoms with Crippen LogP contribution in [0, 0.1) is 5.92 Å². The van der Waals surface area contributed by atoms with Crippen molar-refractivity contribution in [2.75, 3.05) is 13.6 Å². The van der Waals surface area contributed by atoms with Gasteiger partial charge < -0.3 is 5.32 Å². The highest BCUT2D eigenvalue weighted by Crippen LogP contribution is 2.46. The van der Waals surface area contributed by atoms with Gasteiger partial charge in [-0.3, -0.25) is 0 Å². The van der Waals surface area contributed by atoms with Crippen LogP contribution < -0.4 is 5.32 Å². The first-order valence-corrected chi connectivity index (χ1v) is 4.61. The second-order valence-corrected chi connectivity index (χ2v) is 3.57. The molecule has 1 aromatic rings. The van der Waals surface area contributed by atoms with Gasteiger partial charge in [-0.25, -0.2) is 0 Å². The predicted molar refractivity (Wildman–Crippen MR) is 51.2 cm³/mol. The molecule has 0 heterocycles. The molecule has 1 saturated carbocycles. The van der Waals surface area contributed by atoms with Crippen LogP contribution in [0.5, 0.6) is 0 Å². The van der Waals surface area contributed by atoms with Gasteiger partial charge in [-0.2, -0.15) is 0 Å². The minimum absolute atomic E-state index is 0.832. The van der Waals surface area contributed by atoms with Crippen molar-refractivity contribution >= 4 is 0 Å². The van der Waals surface area contributed by atoms with E-state index >= 15 is 0 Å². The van der Waals surface area contributed by atoms with Crippen LogP contribution in [-0.2, 0) is 0 Å². The lowest BCUT2D eigenvalue weighted by Crippen LogP contribution is -2.10. The number of hydrogen-bond donors (Lipinski definition) is 1. The molecule has 0 amide bonds. The van der Waals surface area contributed by atoms with E-state index in [0.717, 1.165) is 11.8 Å². The summed E-state index contributed by atoms with van der Waals surface area (Å²) >= 11 is 0. The van der Waals surface area contributed by atoms with Gasteiger partial charge in [0.2, 0.25) is 0 Å². The van der Waals surface area contributed by atoms with Gasteiger partial charge in [-0.15, -0.1) is 0 Å². The second-order valence-electron chi connectivity index (χ2n) is 3.57. The molecule has 64 valence electrons. The summed E-state index contributed by atoms with van der Waals surface area (Å²) < 4.78 is 0. The molecule has 2 rings (SSSR count). The molecule has 1 nitrogen and oxygen atoms in total. The van der Waals surface area contributed by atoms with Crippen molar-refractivity contribution in [3.05, 3.63) is 35.9 Å². The Morgan fingerprint density at radius 1 is 1.33 bits per heavy atom. The fourth-order valence-corrected chi connectivity index (χ4v) is 1.84. The summed E-state index contributed by atoms with van der Waals surface area (Å²) in [5.74, 6) is 1.72. The predicted octanol–water partition coefficient (Wildman–Crippen LogP) is 2.01. The maximum atomic E-state index is 3.23. The second kappa shape index (κ2) is 3.28. The first kappa shape index (κ1) is 7.81. The Hall–Kier alpha value is -0.820. The van der Waals surface area contributed by atoms with Crippen molar-refractivity contribution in [2.24, 2.45) is 5.92 Å². The lowest BCUT2D eigenvalue weighted by atomic mass is 10.1. The molecule has 0 aliphatic heterocycles. The molecule has 1 fully saturated rings. The first-order valence-electron chi connectivity index (χ1n) is 4.61. The van der Waals surface area contributed by atoms with Crippen LogP contribution in [0.3, 0.4) is 0 Å². The molecule has 0 aromatic heterocycles. The van der Waals surface area contributed by atoms with Crippen molar-refractivity contribution in [3.8, 4) is 0 Å². The third-order valence-electron chi connectivity index (χ3n) is 2.62. The van der Waals surface area contributed by atoms with E-state index in [-0.39, 0.29) is 0 Å². The molecule has 1 N–H and O–H groups in total. The van der Waals surface area contributed by atoms with E-state index in [1.165, 1.54) is 18.5 Å². The van der Waals surface area contributed by atoms with E-state index < -0.39 is 0 Å². The summed E-state index contributed by atoms with van der Waals surface area (Å²) in [4.78, 5) is 0. The SMILES string of the molecule is CNC[C@@H]1C[C@H]1c1ccccc1. The van der Waals surface area contributed by atoms with E-state index in [1.54, 1.807) is 0 Å². The van der Waals surface area contributed by atoms with E-state index in [1.807, 2.05) is 7.05 Å². The van der Waals surface area contributed by atoms with Crippen LogP contribution in [-0.4, -0.2) is 13.6 Å². The van der Waals surface area contributed by atoms with Crippen molar-refractivity contribution in [3.63, 3.8) is 0 Å². The topological polar surface area (TPSA) is 12.0 Å². The smallest absolute Gasteiger partial charge is 0.00175 e. The molecule has 0 radical (unpaired) electrons. The summed E-state index contributed by atoms with van der Waals surface area (Å²) in [7, 11) is 2.03. The minimum atomic E-state index is 0.832.